The molecule has 0 atom stereocenters. The summed E-state index contributed by atoms with van der Waals surface area (Å²) in [6.07, 6.45) is 3.81. The number of anilines is 2. The van der Waals surface area contributed by atoms with Crippen LogP contribution in [-0.4, -0.2) is 30.7 Å². The molecule has 170 valence electrons. The fourth-order valence-electron chi connectivity index (χ4n) is 3.63. The molecule has 0 bridgehead atoms. The van der Waals surface area contributed by atoms with Gasteiger partial charge in [-0.1, -0.05) is 32.0 Å². The largest absolute Gasteiger partial charge is 0.336 e. The van der Waals surface area contributed by atoms with Gasteiger partial charge in [0.1, 0.15) is 0 Å². The molecule has 1 fully saturated rings. The number of amides is 1. The lowest BCUT2D eigenvalue weighted by molar-refractivity contribution is 0.102. The Balaban J connectivity index is 1.73. The van der Waals surface area contributed by atoms with Crippen LogP contribution in [0.2, 0.25) is 0 Å². The van der Waals surface area contributed by atoms with Crippen molar-refractivity contribution < 1.29 is 17.7 Å². The highest BCUT2D eigenvalue weighted by Crippen LogP contribution is 2.41. The van der Waals surface area contributed by atoms with E-state index in [2.05, 4.69) is 41.0 Å². The first-order valence-corrected chi connectivity index (χ1v) is 12.5. The molecule has 0 radical (unpaired) electrons. The molecule has 1 aliphatic rings. The van der Waals surface area contributed by atoms with E-state index in [1.807, 2.05) is 6.07 Å². The molecule has 9 heteroatoms. The van der Waals surface area contributed by atoms with Crippen LogP contribution in [0.1, 0.15) is 66.8 Å². The molecule has 0 aliphatic heterocycles. The molecule has 0 saturated heterocycles. The van der Waals surface area contributed by atoms with Crippen LogP contribution in [0.25, 0.3) is 11.1 Å². The maximum absolute atomic E-state index is 13.4. The summed E-state index contributed by atoms with van der Waals surface area (Å²) in [5.74, 6) is 0.0267. The zero-order chi connectivity index (χ0) is 23.3. The van der Waals surface area contributed by atoms with Crippen molar-refractivity contribution >= 4 is 38.4 Å². The minimum absolute atomic E-state index is 0.0457. The van der Waals surface area contributed by atoms with Gasteiger partial charge in [-0.2, -0.15) is 0 Å². The van der Waals surface area contributed by atoms with E-state index in [-0.39, 0.29) is 11.3 Å². The van der Waals surface area contributed by atoms with Gasteiger partial charge in [0.25, 0.3) is 11.6 Å². The number of benzene rings is 1. The van der Waals surface area contributed by atoms with Gasteiger partial charge >= 0.3 is 0 Å². The highest BCUT2D eigenvalue weighted by Gasteiger charge is 2.30. The summed E-state index contributed by atoms with van der Waals surface area (Å²) in [6, 6.07) is 6.94. The van der Waals surface area contributed by atoms with E-state index in [4.69, 9.17) is 4.52 Å². The average molecular weight is 457 g/mol. The lowest BCUT2D eigenvalue weighted by Gasteiger charge is -2.16. The van der Waals surface area contributed by atoms with E-state index >= 15 is 0 Å². The zero-order valence-corrected chi connectivity index (χ0v) is 19.8. The lowest BCUT2D eigenvalue weighted by Crippen LogP contribution is -2.16. The molecule has 4 rings (SSSR count). The van der Waals surface area contributed by atoms with Crippen LogP contribution in [0.5, 0.6) is 0 Å². The van der Waals surface area contributed by atoms with Gasteiger partial charge < -0.3 is 9.84 Å². The van der Waals surface area contributed by atoms with Crippen LogP contribution < -0.4 is 10.0 Å². The molecule has 2 N–H and O–H groups in total. The van der Waals surface area contributed by atoms with E-state index in [0.29, 0.717) is 46.1 Å². The Morgan fingerprint density at radius 2 is 1.94 bits per heavy atom. The number of carbonyl (C=O) groups is 1. The highest BCUT2D eigenvalue weighted by molar-refractivity contribution is 7.92. The maximum Gasteiger partial charge on any atom is 0.259 e. The van der Waals surface area contributed by atoms with Crippen LogP contribution in [0.4, 0.5) is 11.4 Å². The van der Waals surface area contributed by atoms with Crippen LogP contribution in [-0.2, 0) is 16.4 Å². The van der Waals surface area contributed by atoms with E-state index in [0.717, 1.165) is 30.4 Å². The fraction of sp³-hybridized carbons (Fsp3) is 0.435. The second kappa shape index (κ2) is 7.88. The molecular weight excluding hydrogens is 428 g/mol. The Morgan fingerprint density at radius 1 is 1.22 bits per heavy atom. The smallest absolute Gasteiger partial charge is 0.259 e. The van der Waals surface area contributed by atoms with Crippen molar-refractivity contribution in [1.29, 1.82) is 0 Å². The third-order valence-corrected chi connectivity index (χ3v) is 5.86. The van der Waals surface area contributed by atoms with Gasteiger partial charge in [-0.05, 0) is 55.4 Å². The Bertz CT molecular complexity index is 1300. The highest BCUT2D eigenvalue weighted by atomic mass is 32.2. The summed E-state index contributed by atoms with van der Waals surface area (Å²) in [6.45, 7) is 8.09. The number of fused-ring (bicyclic) bond motifs is 1. The van der Waals surface area contributed by atoms with Crippen molar-refractivity contribution in [3.63, 3.8) is 0 Å². The molecule has 2 heterocycles. The number of sulfonamides is 1. The molecule has 32 heavy (non-hydrogen) atoms. The normalized spacial score (nSPS) is 14.5. The molecule has 1 saturated carbocycles. The minimum atomic E-state index is -3.44. The number of hydrogen-bond donors (Lipinski definition) is 2. The number of nitrogens with zero attached hydrogens (tertiary/aromatic N) is 2. The summed E-state index contributed by atoms with van der Waals surface area (Å²) in [7, 11) is -3.44. The molecule has 1 aliphatic carbocycles. The Kier molecular flexibility index (Phi) is 5.48. The molecular formula is C23H28N4O4S. The van der Waals surface area contributed by atoms with Crippen molar-refractivity contribution in [2.24, 2.45) is 5.41 Å². The summed E-state index contributed by atoms with van der Waals surface area (Å²) in [5, 5.41) is 7.75. The Hall–Kier alpha value is -2.94. The quantitative estimate of drug-likeness (QED) is 0.559. The van der Waals surface area contributed by atoms with Gasteiger partial charge in [0.05, 0.1) is 28.6 Å². The van der Waals surface area contributed by atoms with Gasteiger partial charge in [0, 0.05) is 17.3 Å². The number of aromatic nitrogens is 2. The number of aryl methyl sites for hydroxylation is 1. The predicted octanol–water partition coefficient (Wildman–Crippen LogP) is 4.62. The van der Waals surface area contributed by atoms with Crippen LogP contribution >= 0.6 is 0 Å². The fourth-order valence-corrected chi connectivity index (χ4v) is 4.25. The van der Waals surface area contributed by atoms with E-state index < -0.39 is 10.0 Å². The summed E-state index contributed by atoms with van der Waals surface area (Å²) in [5.41, 5.74) is 4.00. The topological polar surface area (TPSA) is 114 Å². The number of nitrogens with one attached hydrogen (secondary N) is 2. The number of hydrogen-bond acceptors (Lipinski definition) is 6. The van der Waals surface area contributed by atoms with E-state index in [1.54, 1.807) is 25.1 Å². The van der Waals surface area contributed by atoms with Crippen molar-refractivity contribution in [3.05, 3.63) is 46.8 Å². The molecule has 1 amide bonds. The van der Waals surface area contributed by atoms with E-state index in [9.17, 15) is 13.2 Å². The first-order valence-electron chi connectivity index (χ1n) is 10.6. The SMILES string of the molecule is Cc1ccc(NC(=O)c2cc(C3CC3)nc3onc(CC(C)(C)C)c23)cc1NS(C)(=O)=O. The maximum atomic E-state index is 13.4. The van der Waals surface area contributed by atoms with Gasteiger partial charge in [-0.25, -0.2) is 13.4 Å². The van der Waals surface area contributed by atoms with Crippen molar-refractivity contribution in [3.8, 4) is 0 Å². The third-order valence-electron chi connectivity index (χ3n) is 5.27. The van der Waals surface area contributed by atoms with E-state index in [1.165, 1.54) is 0 Å². The first kappa shape index (κ1) is 22.3. The van der Waals surface area contributed by atoms with Crippen LogP contribution in [0.3, 0.4) is 0 Å². The second-order valence-corrected chi connectivity index (χ2v) is 11.5. The Morgan fingerprint density at radius 3 is 2.56 bits per heavy atom. The number of carbonyl (C=O) groups excluding carboxylic acids is 1. The monoisotopic (exact) mass is 456 g/mol. The summed E-state index contributed by atoms with van der Waals surface area (Å²) >= 11 is 0. The van der Waals surface area contributed by atoms with Crippen LogP contribution in [0.15, 0.2) is 28.8 Å². The lowest BCUT2D eigenvalue weighted by atomic mass is 9.89. The number of rotatable bonds is 6. The minimum Gasteiger partial charge on any atom is -0.336 e. The first-order chi connectivity index (χ1) is 14.9. The Labute approximate surface area is 187 Å². The van der Waals surface area contributed by atoms with Gasteiger partial charge in [-0.15, -0.1) is 0 Å². The molecule has 0 spiro atoms. The summed E-state index contributed by atoms with van der Waals surface area (Å²) < 4.78 is 31.3. The number of pyridine rings is 1. The van der Waals surface area contributed by atoms with Gasteiger partial charge in [-0.3, -0.25) is 9.52 Å². The summed E-state index contributed by atoms with van der Waals surface area (Å²) in [4.78, 5) is 18.0. The van der Waals surface area contributed by atoms with Crippen molar-refractivity contribution in [2.75, 3.05) is 16.3 Å². The molecule has 1 aromatic carbocycles. The third kappa shape index (κ3) is 5.09. The molecule has 2 aromatic heterocycles. The second-order valence-electron chi connectivity index (χ2n) is 9.77. The zero-order valence-electron chi connectivity index (χ0n) is 18.9. The van der Waals surface area contributed by atoms with Crippen LogP contribution in [0, 0.1) is 12.3 Å². The molecule has 8 nitrogen and oxygen atoms in total. The van der Waals surface area contributed by atoms with Crippen molar-refractivity contribution in [2.45, 2.75) is 52.9 Å². The van der Waals surface area contributed by atoms with Gasteiger partial charge in [0.2, 0.25) is 10.0 Å². The predicted molar refractivity (Wildman–Crippen MR) is 125 cm³/mol. The van der Waals surface area contributed by atoms with Gasteiger partial charge in [0.15, 0.2) is 0 Å². The average Bonchev–Trinajstić information content (AvgIpc) is 3.44. The standard InChI is InChI=1S/C23H28N4O4S/c1-13-6-9-15(10-17(13)27-32(5,29)30)24-21(28)16-11-18(14-7-8-14)25-22-20(16)19(26-31-22)12-23(2,3)4/h6,9-11,14,27H,7-8,12H2,1-5H3,(H,24,28). The molecule has 3 aromatic rings. The molecule has 0 unspecified atom stereocenters. The van der Waals surface area contributed by atoms with Crippen molar-refractivity contribution in [1.82, 2.24) is 10.1 Å².